The molecule has 0 fully saturated rings. The van der Waals surface area contributed by atoms with Crippen molar-refractivity contribution in [2.24, 2.45) is 0 Å². The van der Waals surface area contributed by atoms with Crippen LogP contribution >= 0.6 is 0 Å². The number of aliphatic hydroxyl groups is 1. The van der Waals surface area contributed by atoms with E-state index in [1.165, 1.54) is 6.33 Å². The van der Waals surface area contributed by atoms with E-state index in [0.29, 0.717) is 29.5 Å². The van der Waals surface area contributed by atoms with E-state index in [9.17, 15) is 4.79 Å². The van der Waals surface area contributed by atoms with Gasteiger partial charge in [0.1, 0.15) is 23.7 Å². The monoisotopic (exact) mass is 450 g/mol. The van der Waals surface area contributed by atoms with Crippen molar-refractivity contribution in [1.29, 1.82) is 0 Å². The first-order chi connectivity index (χ1) is 15.9. The van der Waals surface area contributed by atoms with Crippen molar-refractivity contribution in [3.63, 3.8) is 0 Å². The van der Waals surface area contributed by atoms with Gasteiger partial charge in [-0.2, -0.15) is 0 Å². The summed E-state index contributed by atoms with van der Waals surface area (Å²) in [6.45, 7) is 4.61. The minimum absolute atomic E-state index is 0.0346. The Labute approximate surface area is 193 Å². The smallest absolute Gasteiger partial charge is 0.251 e. The lowest BCUT2D eigenvalue weighted by Crippen LogP contribution is -2.19. The molecule has 3 rings (SSSR count). The summed E-state index contributed by atoms with van der Waals surface area (Å²) >= 11 is 0. The molecule has 9 heteroatoms. The number of methoxy groups -OCH3 is 1. The van der Waals surface area contributed by atoms with Gasteiger partial charge < -0.3 is 25.8 Å². The minimum Gasteiger partial charge on any atom is -0.496 e. The van der Waals surface area contributed by atoms with Gasteiger partial charge in [0.05, 0.1) is 19.4 Å². The fourth-order valence-corrected chi connectivity index (χ4v) is 3.31. The van der Waals surface area contributed by atoms with Gasteiger partial charge in [-0.25, -0.2) is 15.0 Å². The van der Waals surface area contributed by atoms with Crippen LogP contribution in [0.4, 0.5) is 11.6 Å². The number of carbonyl (C=O) groups is 1. The molecule has 1 aromatic carbocycles. The third-order valence-electron chi connectivity index (χ3n) is 5.24. The molecule has 0 aliphatic rings. The van der Waals surface area contributed by atoms with E-state index in [-0.39, 0.29) is 24.5 Å². The van der Waals surface area contributed by atoms with Gasteiger partial charge in [-0.3, -0.25) is 4.79 Å². The molecule has 2 unspecified atom stereocenters. The van der Waals surface area contributed by atoms with E-state index in [2.05, 4.69) is 37.8 Å². The number of hydrogen-bond donors (Lipinski definition) is 4. The van der Waals surface area contributed by atoms with Gasteiger partial charge in [0.2, 0.25) is 0 Å². The Kier molecular flexibility index (Phi) is 8.15. The third kappa shape index (κ3) is 6.17. The van der Waals surface area contributed by atoms with Crippen LogP contribution in [0.3, 0.4) is 0 Å². The van der Waals surface area contributed by atoms with Gasteiger partial charge in [-0.05, 0) is 36.8 Å². The summed E-state index contributed by atoms with van der Waals surface area (Å²) in [5.41, 5.74) is 3.17. The molecular weight excluding hydrogens is 420 g/mol. The number of carbonyl (C=O) groups excluding carboxylic acids is 1. The van der Waals surface area contributed by atoms with Crippen molar-refractivity contribution in [2.75, 3.05) is 37.9 Å². The number of hydrogen-bond acceptors (Lipinski definition) is 8. The van der Waals surface area contributed by atoms with Crippen LogP contribution in [0.1, 0.15) is 35.7 Å². The Morgan fingerprint density at radius 3 is 2.58 bits per heavy atom. The van der Waals surface area contributed by atoms with Crippen molar-refractivity contribution < 1.29 is 14.6 Å². The number of rotatable bonds is 10. The number of benzene rings is 1. The fraction of sp³-hybridized carbons (Fsp3) is 0.333. The number of aliphatic hydroxyl groups excluding tert-OH is 1. The molecule has 0 saturated heterocycles. The van der Waals surface area contributed by atoms with Gasteiger partial charge in [0, 0.05) is 48.9 Å². The van der Waals surface area contributed by atoms with Crippen molar-refractivity contribution >= 4 is 17.5 Å². The van der Waals surface area contributed by atoms with E-state index in [4.69, 9.17) is 9.84 Å². The zero-order valence-electron chi connectivity index (χ0n) is 19.3. The first kappa shape index (κ1) is 23.9. The summed E-state index contributed by atoms with van der Waals surface area (Å²) in [4.78, 5) is 25.0. The van der Waals surface area contributed by atoms with E-state index in [1.807, 2.05) is 31.2 Å². The normalized spacial score (nSPS) is 12.5. The molecule has 0 saturated carbocycles. The number of nitrogens with zero attached hydrogens (tertiary/aromatic N) is 3. The van der Waals surface area contributed by atoms with Crippen LogP contribution in [0.15, 0.2) is 48.9 Å². The highest BCUT2D eigenvalue weighted by atomic mass is 16.5. The second kappa shape index (κ2) is 11.2. The molecule has 2 heterocycles. The summed E-state index contributed by atoms with van der Waals surface area (Å²) in [6, 6.07) is 11.0. The molecule has 0 bridgehead atoms. The highest BCUT2D eigenvalue weighted by Gasteiger charge is 2.15. The predicted octanol–water partition coefficient (Wildman–Crippen LogP) is 2.92. The average molecular weight is 451 g/mol. The minimum atomic E-state index is -0.152. The standard InChI is InChI=1S/C24H30N6O3/c1-15(19-7-5-17(24(32)25-3)9-21(19)33-4)11-26-23-10-20(28-14-29-23)18-6-8-22(27-12-18)30-16(2)13-31/h5-10,12,14-16,31H,11,13H2,1-4H3,(H,25,32)(H,27,30)(H,26,28,29). The Bertz CT molecular complexity index is 1070. The van der Waals surface area contributed by atoms with Crippen LogP contribution in [-0.4, -0.2) is 59.3 Å². The maximum Gasteiger partial charge on any atom is 0.251 e. The number of anilines is 2. The predicted molar refractivity (Wildman–Crippen MR) is 129 cm³/mol. The lowest BCUT2D eigenvalue weighted by Gasteiger charge is -2.17. The van der Waals surface area contributed by atoms with Crippen LogP contribution in [0.25, 0.3) is 11.3 Å². The molecule has 0 aliphatic heterocycles. The highest BCUT2D eigenvalue weighted by molar-refractivity contribution is 5.94. The molecule has 0 aliphatic carbocycles. The molecule has 1 amide bonds. The van der Waals surface area contributed by atoms with Crippen LogP contribution in [-0.2, 0) is 0 Å². The third-order valence-corrected chi connectivity index (χ3v) is 5.24. The Balaban J connectivity index is 1.68. The number of pyridine rings is 1. The van der Waals surface area contributed by atoms with Crippen molar-refractivity contribution in [3.8, 4) is 17.0 Å². The number of nitrogens with one attached hydrogen (secondary N) is 3. The average Bonchev–Trinajstić information content (AvgIpc) is 2.86. The SMILES string of the molecule is CNC(=O)c1ccc(C(C)CNc2cc(-c3ccc(NC(C)CO)nc3)ncn2)c(OC)c1. The van der Waals surface area contributed by atoms with E-state index < -0.39 is 0 Å². The van der Waals surface area contributed by atoms with Crippen molar-refractivity contribution in [3.05, 3.63) is 60.0 Å². The summed E-state index contributed by atoms with van der Waals surface area (Å²) in [5.74, 6) is 2.02. The summed E-state index contributed by atoms with van der Waals surface area (Å²) in [7, 11) is 3.20. The number of amides is 1. The molecule has 9 nitrogen and oxygen atoms in total. The molecule has 2 aromatic heterocycles. The molecular formula is C24H30N6O3. The molecule has 3 aromatic rings. The first-order valence-electron chi connectivity index (χ1n) is 10.7. The Hall–Kier alpha value is -3.72. The molecule has 0 spiro atoms. The van der Waals surface area contributed by atoms with Gasteiger partial charge in [0.15, 0.2) is 0 Å². The molecule has 174 valence electrons. The van der Waals surface area contributed by atoms with Gasteiger partial charge in [-0.1, -0.05) is 13.0 Å². The largest absolute Gasteiger partial charge is 0.496 e. The van der Waals surface area contributed by atoms with Gasteiger partial charge >= 0.3 is 0 Å². The summed E-state index contributed by atoms with van der Waals surface area (Å²) in [5, 5.41) is 18.2. The molecule has 33 heavy (non-hydrogen) atoms. The van der Waals surface area contributed by atoms with E-state index in [1.54, 1.807) is 32.5 Å². The van der Waals surface area contributed by atoms with Gasteiger partial charge in [0.25, 0.3) is 5.91 Å². The molecule has 4 N–H and O–H groups in total. The van der Waals surface area contributed by atoms with Crippen LogP contribution < -0.4 is 20.7 Å². The fourth-order valence-electron chi connectivity index (χ4n) is 3.31. The maximum atomic E-state index is 11.9. The number of ether oxygens (including phenoxy) is 1. The number of aromatic nitrogens is 3. The van der Waals surface area contributed by atoms with E-state index >= 15 is 0 Å². The second-order valence-corrected chi connectivity index (χ2v) is 7.77. The lowest BCUT2D eigenvalue weighted by molar-refractivity contribution is 0.0962. The highest BCUT2D eigenvalue weighted by Crippen LogP contribution is 2.28. The quantitative estimate of drug-likeness (QED) is 0.372. The van der Waals surface area contributed by atoms with Crippen LogP contribution in [0.2, 0.25) is 0 Å². The van der Waals surface area contributed by atoms with Crippen molar-refractivity contribution in [1.82, 2.24) is 20.3 Å². The maximum absolute atomic E-state index is 11.9. The van der Waals surface area contributed by atoms with Crippen molar-refractivity contribution in [2.45, 2.75) is 25.8 Å². The van der Waals surface area contributed by atoms with E-state index in [0.717, 1.165) is 16.8 Å². The van der Waals surface area contributed by atoms with Crippen LogP contribution in [0, 0.1) is 0 Å². The Morgan fingerprint density at radius 1 is 1.09 bits per heavy atom. The summed E-state index contributed by atoms with van der Waals surface area (Å²) < 4.78 is 5.51. The first-order valence-corrected chi connectivity index (χ1v) is 10.7. The van der Waals surface area contributed by atoms with Gasteiger partial charge in [-0.15, -0.1) is 0 Å². The zero-order valence-corrected chi connectivity index (χ0v) is 19.3. The second-order valence-electron chi connectivity index (χ2n) is 7.77. The molecule has 2 atom stereocenters. The molecule has 0 radical (unpaired) electrons. The van der Waals surface area contributed by atoms with Crippen LogP contribution in [0.5, 0.6) is 5.75 Å². The topological polar surface area (TPSA) is 121 Å². The summed E-state index contributed by atoms with van der Waals surface area (Å²) in [6.07, 6.45) is 3.25. The lowest BCUT2D eigenvalue weighted by atomic mass is 9.98. The Morgan fingerprint density at radius 2 is 1.91 bits per heavy atom. The zero-order chi connectivity index (χ0) is 23.8.